The van der Waals surface area contributed by atoms with Gasteiger partial charge in [-0.1, -0.05) is 43.3 Å². The molecule has 0 fully saturated rings. The van der Waals surface area contributed by atoms with Crippen molar-refractivity contribution < 1.29 is 0 Å². The fraction of sp³-hybridized carbons (Fsp3) is 0.231. The second-order valence-electron chi connectivity index (χ2n) is 3.67. The van der Waals surface area contributed by atoms with Crippen LogP contribution < -0.4 is 15.8 Å². The van der Waals surface area contributed by atoms with Gasteiger partial charge >= 0.3 is 0 Å². The number of nitrogens with one attached hydrogen (secondary N) is 1. The maximum atomic E-state index is 3.20. The lowest BCUT2D eigenvalue weighted by molar-refractivity contribution is 0.948. The van der Waals surface area contributed by atoms with E-state index < -0.39 is 0 Å². The number of hydrogen-bond donors (Lipinski definition) is 1. The molecule has 0 bridgehead atoms. The van der Waals surface area contributed by atoms with Gasteiger partial charge in [-0.15, -0.1) is 0 Å². The van der Waals surface area contributed by atoms with Crippen molar-refractivity contribution in [1.29, 1.82) is 0 Å². The Kier molecular flexibility index (Phi) is 2.40. The molecule has 1 atom stereocenters. The number of benzene rings is 1. The van der Waals surface area contributed by atoms with E-state index in [4.69, 9.17) is 0 Å². The van der Waals surface area contributed by atoms with Gasteiger partial charge in [-0.2, -0.15) is 0 Å². The van der Waals surface area contributed by atoms with E-state index in [0.717, 1.165) is 0 Å². The van der Waals surface area contributed by atoms with Gasteiger partial charge in [-0.3, -0.25) is 0 Å². The highest BCUT2D eigenvalue weighted by Crippen LogP contribution is 2.04. The van der Waals surface area contributed by atoms with E-state index in [1.54, 1.807) is 0 Å². The van der Waals surface area contributed by atoms with Crippen molar-refractivity contribution in [1.82, 2.24) is 5.32 Å². The molecule has 0 saturated carbocycles. The summed E-state index contributed by atoms with van der Waals surface area (Å²) < 4.78 is 0. The molecule has 2 rings (SSSR count). The van der Waals surface area contributed by atoms with Crippen molar-refractivity contribution in [3.63, 3.8) is 0 Å². The van der Waals surface area contributed by atoms with E-state index in [1.165, 1.54) is 16.1 Å². The van der Waals surface area contributed by atoms with Crippen LogP contribution in [0.1, 0.15) is 6.92 Å². The molecule has 1 unspecified atom stereocenters. The Morgan fingerprint density at radius 3 is 2.50 bits per heavy atom. The average Bonchev–Trinajstić information content (AvgIpc) is 2.35. The van der Waals surface area contributed by atoms with Crippen molar-refractivity contribution in [2.75, 3.05) is 7.05 Å². The van der Waals surface area contributed by atoms with Crippen LogP contribution in [0.3, 0.4) is 0 Å². The summed E-state index contributed by atoms with van der Waals surface area (Å²) in [6.45, 7) is 2.20. The van der Waals surface area contributed by atoms with Crippen LogP contribution in [-0.2, 0) is 0 Å². The summed E-state index contributed by atoms with van der Waals surface area (Å²) in [7, 11) is 1.96. The molecule has 72 valence electrons. The van der Waals surface area contributed by atoms with Gasteiger partial charge in [0.1, 0.15) is 0 Å². The molecule has 1 heteroatoms. The van der Waals surface area contributed by atoms with Gasteiger partial charge in [0.05, 0.1) is 0 Å². The molecule has 0 heterocycles. The summed E-state index contributed by atoms with van der Waals surface area (Å²) in [4.78, 5) is 0. The molecule has 0 saturated heterocycles. The van der Waals surface area contributed by atoms with Gasteiger partial charge in [0.25, 0.3) is 0 Å². The molecule has 0 spiro atoms. The SMILES string of the molecule is CNC1=CC(C)C=c2ccccc2=C1. The first kappa shape index (κ1) is 9.07. The van der Waals surface area contributed by atoms with Crippen molar-refractivity contribution in [2.45, 2.75) is 6.92 Å². The molecule has 0 radical (unpaired) electrons. The minimum absolute atomic E-state index is 0.484. The van der Waals surface area contributed by atoms with E-state index >= 15 is 0 Å². The second kappa shape index (κ2) is 3.70. The number of allylic oxidation sites excluding steroid dienone is 2. The summed E-state index contributed by atoms with van der Waals surface area (Å²) in [5.74, 6) is 0.484. The molecular formula is C13H15N. The van der Waals surface area contributed by atoms with Gasteiger partial charge in [0, 0.05) is 12.7 Å². The van der Waals surface area contributed by atoms with Crippen molar-refractivity contribution in [3.8, 4) is 0 Å². The number of fused-ring (bicyclic) bond motifs is 1. The average molecular weight is 185 g/mol. The fourth-order valence-corrected chi connectivity index (χ4v) is 1.78. The highest BCUT2D eigenvalue weighted by atomic mass is 14.8. The minimum Gasteiger partial charge on any atom is -0.388 e. The first-order valence-corrected chi connectivity index (χ1v) is 4.98. The third-order valence-electron chi connectivity index (χ3n) is 2.48. The largest absolute Gasteiger partial charge is 0.388 e. The molecule has 1 aromatic rings. The molecule has 1 aromatic carbocycles. The summed E-state index contributed by atoms with van der Waals surface area (Å²) in [5.41, 5.74) is 1.19. The van der Waals surface area contributed by atoms with Crippen LogP contribution in [0.25, 0.3) is 12.2 Å². The smallest absolute Gasteiger partial charge is 0.0309 e. The van der Waals surface area contributed by atoms with Gasteiger partial charge in [0.2, 0.25) is 0 Å². The van der Waals surface area contributed by atoms with Crippen LogP contribution in [0.5, 0.6) is 0 Å². The van der Waals surface area contributed by atoms with E-state index in [9.17, 15) is 0 Å². The molecular weight excluding hydrogens is 170 g/mol. The topological polar surface area (TPSA) is 12.0 Å². The van der Waals surface area contributed by atoms with E-state index in [1.807, 2.05) is 7.05 Å². The summed E-state index contributed by atoms with van der Waals surface area (Å²) in [6, 6.07) is 8.47. The highest BCUT2D eigenvalue weighted by molar-refractivity contribution is 5.51. The zero-order chi connectivity index (χ0) is 9.97. The van der Waals surface area contributed by atoms with E-state index in [2.05, 4.69) is 54.7 Å². The Bertz CT molecular complexity index is 468. The standard InChI is InChI=1S/C13H15N/c1-10-7-11-5-3-4-6-12(11)9-13(8-10)14-2/h3-10,14H,1-2H3. The van der Waals surface area contributed by atoms with E-state index in [-0.39, 0.29) is 0 Å². The first-order chi connectivity index (χ1) is 6.79. The van der Waals surface area contributed by atoms with Crippen LogP contribution in [0.2, 0.25) is 0 Å². The molecule has 0 aliphatic heterocycles. The van der Waals surface area contributed by atoms with E-state index in [0.29, 0.717) is 5.92 Å². The van der Waals surface area contributed by atoms with Gasteiger partial charge in [-0.25, -0.2) is 0 Å². The van der Waals surface area contributed by atoms with Crippen LogP contribution in [0.4, 0.5) is 0 Å². The van der Waals surface area contributed by atoms with Crippen LogP contribution in [0, 0.1) is 5.92 Å². The van der Waals surface area contributed by atoms with Gasteiger partial charge < -0.3 is 5.32 Å². The maximum absolute atomic E-state index is 3.20. The summed E-state index contributed by atoms with van der Waals surface area (Å²) >= 11 is 0. The van der Waals surface area contributed by atoms with Crippen molar-refractivity contribution in [3.05, 3.63) is 46.5 Å². The lowest BCUT2D eigenvalue weighted by Crippen LogP contribution is -2.24. The summed E-state index contributed by atoms with van der Waals surface area (Å²) in [5, 5.41) is 5.81. The Hall–Kier alpha value is -1.50. The lowest BCUT2D eigenvalue weighted by Gasteiger charge is -2.01. The Labute approximate surface area is 84.5 Å². The predicted octanol–water partition coefficient (Wildman–Crippen LogP) is 1.00. The fourth-order valence-electron chi connectivity index (χ4n) is 1.78. The normalized spacial score (nSPS) is 19.6. The molecule has 1 nitrogen and oxygen atoms in total. The molecule has 1 aliphatic carbocycles. The summed E-state index contributed by atoms with van der Waals surface area (Å²) in [6.07, 6.45) is 6.71. The predicted molar refractivity (Wildman–Crippen MR) is 60.9 cm³/mol. The molecule has 0 amide bonds. The Morgan fingerprint density at radius 2 is 1.79 bits per heavy atom. The minimum atomic E-state index is 0.484. The maximum Gasteiger partial charge on any atom is 0.0309 e. The third-order valence-corrected chi connectivity index (χ3v) is 2.48. The molecule has 14 heavy (non-hydrogen) atoms. The molecule has 1 N–H and O–H groups in total. The second-order valence-corrected chi connectivity index (χ2v) is 3.67. The van der Waals surface area contributed by atoms with Crippen LogP contribution in [-0.4, -0.2) is 7.05 Å². The van der Waals surface area contributed by atoms with Gasteiger partial charge in [-0.05, 0) is 22.4 Å². The van der Waals surface area contributed by atoms with Crippen LogP contribution >= 0.6 is 0 Å². The number of rotatable bonds is 1. The zero-order valence-corrected chi connectivity index (χ0v) is 8.62. The third kappa shape index (κ3) is 1.72. The van der Waals surface area contributed by atoms with Crippen LogP contribution in [0.15, 0.2) is 36.0 Å². The van der Waals surface area contributed by atoms with Crippen molar-refractivity contribution >= 4 is 12.2 Å². The van der Waals surface area contributed by atoms with Crippen molar-refractivity contribution in [2.24, 2.45) is 5.92 Å². The molecule has 0 aromatic heterocycles. The zero-order valence-electron chi connectivity index (χ0n) is 8.62. The quantitative estimate of drug-likeness (QED) is 0.688. The monoisotopic (exact) mass is 185 g/mol. The van der Waals surface area contributed by atoms with Gasteiger partial charge in [0.15, 0.2) is 0 Å². The first-order valence-electron chi connectivity index (χ1n) is 4.98. The Balaban J connectivity index is 2.67. The Morgan fingerprint density at radius 1 is 1.07 bits per heavy atom. The molecule has 1 aliphatic rings. The number of hydrogen-bond acceptors (Lipinski definition) is 1. The highest BCUT2D eigenvalue weighted by Gasteiger charge is 1.99. The lowest BCUT2D eigenvalue weighted by atomic mass is 10.1.